The topological polar surface area (TPSA) is 71.2 Å². The maximum atomic E-state index is 13.7. The predicted octanol–water partition coefficient (Wildman–Crippen LogP) is 2.01. The van der Waals surface area contributed by atoms with Crippen LogP contribution in [0.1, 0.15) is 54.7 Å². The van der Waals surface area contributed by atoms with Gasteiger partial charge in [0.15, 0.2) is 5.69 Å². The van der Waals surface area contributed by atoms with Gasteiger partial charge in [-0.1, -0.05) is 18.1 Å². The number of aliphatic hydroxyl groups excluding tert-OH is 1. The van der Waals surface area contributed by atoms with E-state index >= 15 is 0 Å². The molecule has 2 aliphatic rings. The van der Waals surface area contributed by atoms with Crippen LogP contribution in [0.3, 0.4) is 0 Å². The van der Waals surface area contributed by atoms with Crippen molar-refractivity contribution in [2.75, 3.05) is 13.2 Å². The van der Waals surface area contributed by atoms with Crippen LogP contribution in [-0.4, -0.2) is 56.0 Å². The van der Waals surface area contributed by atoms with Gasteiger partial charge in [0.05, 0.1) is 12.2 Å². The molecule has 1 N–H and O–H groups in total. The molecule has 6 nitrogen and oxygen atoms in total. The first kappa shape index (κ1) is 17.3. The third-order valence-electron chi connectivity index (χ3n) is 5.19. The minimum atomic E-state index is -2.91. The van der Waals surface area contributed by atoms with E-state index in [1.165, 1.54) is 12.8 Å². The summed E-state index contributed by atoms with van der Waals surface area (Å²) in [6.45, 7) is 1.64. The first-order chi connectivity index (χ1) is 11.4. The Morgan fingerprint density at radius 3 is 2.75 bits per heavy atom. The van der Waals surface area contributed by atoms with Gasteiger partial charge in [0.2, 0.25) is 0 Å². The predicted molar refractivity (Wildman–Crippen MR) is 82.8 cm³/mol. The molecule has 0 spiro atoms. The number of carbonyl (C=O) groups excluding carboxylic acids is 1. The average molecular weight is 342 g/mol. The maximum absolute atomic E-state index is 13.7. The highest BCUT2D eigenvalue weighted by atomic mass is 19.3. The van der Waals surface area contributed by atoms with Gasteiger partial charge in [-0.2, -0.15) is 0 Å². The molecule has 1 saturated heterocycles. The number of halogens is 2. The van der Waals surface area contributed by atoms with E-state index in [0.717, 1.165) is 24.3 Å². The Bertz CT molecular complexity index is 599. The van der Waals surface area contributed by atoms with Crippen molar-refractivity contribution in [2.45, 2.75) is 64.0 Å². The third kappa shape index (κ3) is 3.43. The zero-order chi connectivity index (χ0) is 17.3. The summed E-state index contributed by atoms with van der Waals surface area (Å²) in [6.07, 6.45) is 4.48. The van der Waals surface area contributed by atoms with E-state index in [4.69, 9.17) is 5.11 Å². The summed E-state index contributed by atoms with van der Waals surface area (Å²) in [5.41, 5.74) is 0.776. The van der Waals surface area contributed by atoms with Crippen molar-refractivity contribution >= 4 is 5.91 Å². The van der Waals surface area contributed by atoms with Crippen LogP contribution in [-0.2, 0) is 6.54 Å². The van der Waals surface area contributed by atoms with Gasteiger partial charge in [-0.25, -0.2) is 13.5 Å². The number of rotatable bonds is 5. The summed E-state index contributed by atoms with van der Waals surface area (Å²) in [4.78, 5) is 13.8. The number of hydrogen-bond acceptors (Lipinski definition) is 4. The van der Waals surface area contributed by atoms with Crippen molar-refractivity contribution in [1.29, 1.82) is 0 Å². The Morgan fingerprint density at radius 1 is 1.38 bits per heavy atom. The minimum absolute atomic E-state index is 0.147. The summed E-state index contributed by atoms with van der Waals surface area (Å²) >= 11 is 0. The molecular weight excluding hydrogens is 318 g/mol. The van der Waals surface area contributed by atoms with Crippen LogP contribution in [0.2, 0.25) is 0 Å². The van der Waals surface area contributed by atoms with E-state index in [1.807, 2.05) is 0 Å². The second-order valence-electron chi connectivity index (χ2n) is 7.02. The van der Waals surface area contributed by atoms with Crippen molar-refractivity contribution < 1.29 is 18.7 Å². The molecule has 1 amide bonds. The van der Waals surface area contributed by atoms with Crippen LogP contribution in [0.15, 0.2) is 0 Å². The lowest BCUT2D eigenvalue weighted by Gasteiger charge is -2.22. The number of amides is 1. The van der Waals surface area contributed by atoms with Gasteiger partial charge in [-0.15, -0.1) is 5.10 Å². The molecule has 2 heterocycles. The molecule has 8 heteroatoms. The fourth-order valence-electron chi connectivity index (χ4n) is 3.85. The van der Waals surface area contributed by atoms with E-state index in [2.05, 4.69) is 10.3 Å². The summed E-state index contributed by atoms with van der Waals surface area (Å²) in [5, 5.41) is 17.1. The molecule has 0 bridgehead atoms. The van der Waals surface area contributed by atoms with Crippen LogP contribution in [0, 0.1) is 12.8 Å². The summed E-state index contributed by atoms with van der Waals surface area (Å²) in [5.74, 6) is -2.88. The molecule has 1 aromatic heterocycles. The van der Waals surface area contributed by atoms with Crippen LogP contribution in [0.4, 0.5) is 8.78 Å². The summed E-state index contributed by atoms with van der Waals surface area (Å²) in [7, 11) is 0. The van der Waals surface area contributed by atoms with Gasteiger partial charge in [-0.05, 0) is 32.1 Å². The van der Waals surface area contributed by atoms with Crippen molar-refractivity contribution in [3.05, 3.63) is 11.4 Å². The van der Waals surface area contributed by atoms with Crippen LogP contribution in [0.25, 0.3) is 0 Å². The molecule has 2 fully saturated rings. The molecule has 3 rings (SSSR count). The molecule has 1 saturated carbocycles. The first-order valence-corrected chi connectivity index (χ1v) is 8.61. The highest BCUT2D eigenvalue weighted by Crippen LogP contribution is 2.34. The number of alkyl halides is 2. The molecule has 1 aliphatic carbocycles. The van der Waals surface area contributed by atoms with Crippen molar-refractivity contribution in [1.82, 2.24) is 19.9 Å². The van der Waals surface area contributed by atoms with E-state index in [0.29, 0.717) is 11.6 Å². The highest BCUT2D eigenvalue weighted by molar-refractivity contribution is 5.93. The minimum Gasteiger partial charge on any atom is -0.396 e. The fraction of sp³-hybridized carbons (Fsp3) is 0.812. The third-order valence-corrected chi connectivity index (χ3v) is 5.19. The second kappa shape index (κ2) is 6.74. The molecule has 0 radical (unpaired) electrons. The van der Waals surface area contributed by atoms with Gasteiger partial charge < -0.3 is 10.0 Å². The average Bonchev–Trinajstić information content (AvgIpc) is 3.21. The molecule has 134 valence electrons. The summed E-state index contributed by atoms with van der Waals surface area (Å²) < 4.78 is 29.1. The lowest BCUT2D eigenvalue weighted by Crippen LogP contribution is -2.37. The number of hydrogen-bond donors (Lipinski definition) is 1. The van der Waals surface area contributed by atoms with Gasteiger partial charge in [-0.3, -0.25) is 4.79 Å². The van der Waals surface area contributed by atoms with Gasteiger partial charge in [0.25, 0.3) is 11.8 Å². The van der Waals surface area contributed by atoms with Gasteiger partial charge in [0, 0.05) is 25.6 Å². The normalized spacial score (nSPS) is 24.0. The van der Waals surface area contributed by atoms with E-state index in [-0.39, 0.29) is 18.7 Å². The molecular formula is C16H24F2N4O2. The maximum Gasteiger partial charge on any atom is 0.276 e. The molecule has 1 unspecified atom stereocenters. The zero-order valence-corrected chi connectivity index (χ0v) is 13.9. The Hall–Kier alpha value is -1.57. The number of aromatic nitrogens is 3. The SMILES string of the molecule is Cc1c(C(=O)N2CC(F)(F)CC2CCO)nnn1CC1CCCC1. The van der Waals surface area contributed by atoms with Gasteiger partial charge in [0.1, 0.15) is 0 Å². The lowest BCUT2D eigenvalue weighted by molar-refractivity contribution is 0.0116. The second-order valence-corrected chi connectivity index (χ2v) is 7.02. The largest absolute Gasteiger partial charge is 0.396 e. The number of likely N-dealkylation sites (tertiary alicyclic amines) is 1. The lowest BCUT2D eigenvalue weighted by atomic mass is 10.1. The smallest absolute Gasteiger partial charge is 0.276 e. The van der Waals surface area contributed by atoms with Crippen molar-refractivity contribution in [3.63, 3.8) is 0 Å². The van der Waals surface area contributed by atoms with Gasteiger partial charge >= 0.3 is 0 Å². The fourth-order valence-corrected chi connectivity index (χ4v) is 3.85. The molecule has 24 heavy (non-hydrogen) atoms. The first-order valence-electron chi connectivity index (χ1n) is 8.61. The van der Waals surface area contributed by atoms with Crippen LogP contribution >= 0.6 is 0 Å². The monoisotopic (exact) mass is 342 g/mol. The molecule has 0 aromatic carbocycles. The van der Waals surface area contributed by atoms with E-state index in [1.54, 1.807) is 11.6 Å². The summed E-state index contributed by atoms with van der Waals surface area (Å²) in [6, 6.07) is -0.656. The Balaban J connectivity index is 1.75. The Labute approximate surface area is 139 Å². The van der Waals surface area contributed by atoms with E-state index in [9.17, 15) is 13.6 Å². The number of carbonyl (C=O) groups is 1. The number of nitrogens with zero attached hydrogens (tertiary/aromatic N) is 4. The Kier molecular flexibility index (Phi) is 4.85. The quantitative estimate of drug-likeness (QED) is 0.888. The van der Waals surface area contributed by atoms with Crippen molar-refractivity contribution in [2.24, 2.45) is 5.92 Å². The number of aliphatic hydroxyl groups is 1. The van der Waals surface area contributed by atoms with E-state index < -0.39 is 30.8 Å². The zero-order valence-electron chi connectivity index (χ0n) is 13.9. The van der Waals surface area contributed by atoms with Crippen molar-refractivity contribution in [3.8, 4) is 0 Å². The molecule has 1 aliphatic heterocycles. The standard InChI is InChI=1S/C16H24F2N4O2/c1-11-14(19-20-22(11)9-12-4-2-3-5-12)15(24)21-10-16(17,18)8-13(21)6-7-23/h12-13,23H,2-10H2,1H3. The molecule has 1 aromatic rings. The molecule has 1 atom stereocenters. The van der Waals surface area contributed by atoms with Crippen LogP contribution < -0.4 is 0 Å². The Morgan fingerprint density at radius 2 is 2.08 bits per heavy atom. The highest BCUT2D eigenvalue weighted by Gasteiger charge is 2.47. The van der Waals surface area contributed by atoms with Crippen LogP contribution in [0.5, 0.6) is 0 Å².